The highest BCUT2D eigenvalue weighted by Gasteiger charge is 2.03. The molecule has 108 valence electrons. The van der Waals surface area contributed by atoms with E-state index in [1.54, 1.807) is 30.5 Å². The van der Waals surface area contributed by atoms with Gasteiger partial charge in [-0.1, -0.05) is 53.0 Å². The minimum absolute atomic E-state index is 0.294. The Bertz CT molecular complexity index is 689. The fraction of sp³-hybridized carbons (Fsp3) is 0. The molecular formula is C14H10Cl3N3S. The first-order valence-corrected chi connectivity index (χ1v) is 7.40. The fourth-order valence-electron chi connectivity index (χ4n) is 1.48. The number of halogens is 3. The van der Waals surface area contributed by atoms with E-state index in [0.717, 1.165) is 5.56 Å². The zero-order valence-corrected chi connectivity index (χ0v) is 13.7. The normalized spacial score (nSPS) is 10.6. The van der Waals surface area contributed by atoms with Crippen LogP contribution in [0, 0.1) is 0 Å². The molecule has 7 heteroatoms. The van der Waals surface area contributed by atoms with Crippen LogP contribution in [0.2, 0.25) is 15.1 Å². The van der Waals surface area contributed by atoms with Gasteiger partial charge in [0.05, 0.1) is 16.9 Å². The summed E-state index contributed by atoms with van der Waals surface area (Å²) >= 11 is 23.0. The van der Waals surface area contributed by atoms with E-state index < -0.39 is 0 Å². The number of anilines is 1. The summed E-state index contributed by atoms with van der Waals surface area (Å²) in [5.74, 6) is 0. The van der Waals surface area contributed by atoms with Gasteiger partial charge in [-0.05, 0) is 36.5 Å². The van der Waals surface area contributed by atoms with Gasteiger partial charge in [-0.25, -0.2) is 0 Å². The van der Waals surface area contributed by atoms with Gasteiger partial charge < -0.3 is 5.32 Å². The fourth-order valence-corrected chi connectivity index (χ4v) is 2.17. The molecule has 0 heterocycles. The van der Waals surface area contributed by atoms with Gasteiger partial charge in [-0.15, -0.1) is 0 Å². The van der Waals surface area contributed by atoms with Crippen LogP contribution in [0.1, 0.15) is 5.56 Å². The van der Waals surface area contributed by atoms with E-state index in [-0.39, 0.29) is 0 Å². The number of hydrogen-bond donors (Lipinski definition) is 2. The van der Waals surface area contributed by atoms with E-state index in [1.165, 1.54) is 0 Å². The number of hydrazone groups is 1. The monoisotopic (exact) mass is 357 g/mol. The molecule has 2 aromatic carbocycles. The molecule has 3 nitrogen and oxygen atoms in total. The van der Waals surface area contributed by atoms with E-state index in [1.807, 2.05) is 18.2 Å². The van der Waals surface area contributed by atoms with Crippen LogP contribution in [-0.2, 0) is 0 Å². The number of hydrogen-bond acceptors (Lipinski definition) is 2. The number of benzene rings is 2. The Kier molecular flexibility index (Phi) is 5.82. The average Bonchev–Trinajstić information content (AvgIpc) is 2.45. The maximum atomic E-state index is 6.03. The van der Waals surface area contributed by atoms with Crippen molar-refractivity contribution in [3.8, 4) is 0 Å². The van der Waals surface area contributed by atoms with E-state index in [2.05, 4.69) is 15.8 Å². The molecule has 0 aliphatic rings. The van der Waals surface area contributed by atoms with Crippen LogP contribution in [0.15, 0.2) is 47.6 Å². The molecule has 0 spiro atoms. The lowest BCUT2D eigenvalue weighted by atomic mass is 10.2. The molecule has 0 unspecified atom stereocenters. The van der Waals surface area contributed by atoms with Crippen LogP contribution in [-0.4, -0.2) is 11.3 Å². The Morgan fingerprint density at radius 2 is 1.81 bits per heavy atom. The van der Waals surface area contributed by atoms with Crippen LogP contribution in [0.5, 0.6) is 0 Å². The van der Waals surface area contributed by atoms with Gasteiger partial charge >= 0.3 is 0 Å². The van der Waals surface area contributed by atoms with Crippen molar-refractivity contribution in [1.29, 1.82) is 0 Å². The van der Waals surface area contributed by atoms with Gasteiger partial charge in [-0.3, -0.25) is 5.43 Å². The summed E-state index contributed by atoms with van der Waals surface area (Å²) in [6.45, 7) is 0. The second-order valence-electron chi connectivity index (χ2n) is 3.97. The molecular weight excluding hydrogens is 349 g/mol. The van der Waals surface area contributed by atoms with Crippen LogP contribution in [0.25, 0.3) is 0 Å². The van der Waals surface area contributed by atoms with Gasteiger partial charge in [0, 0.05) is 15.6 Å². The van der Waals surface area contributed by atoms with Crippen molar-refractivity contribution >= 4 is 64.0 Å². The minimum Gasteiger partial charge on any atom is -0.330 e. The first-order valence-electron chi connectivity index (χ1n) is 5.86. The highest BCUT2D eigenvalue weighted by molar-refractivity contribution is 7.80. The summed E-state index contributed by atoms with van der Waals surface area (Å²) in [7, 11) is 0. The van der Waals surface area contributed by atoms with E-state index >= 15 is 0 Å². The zero-order chi connectivity index (χ0) is 15.2. The Labute approximate surface area is 142 Å². The topological polar surface area (TPSA) is 36.4 Å². The average molecular weight is 359 g/mol. The van der Waals surface area contributed by atoms with Crippen LogP contribution in [0.4, 0.5) is 5.69 Å². The van der Waals surface area contributed by atoms with Crippen molar-refractivity contribution < 1.29 is 0 Å². The Morgan fingerprint density at radius 1 is 1.05 bits per heavy atom. The van der Waals surface area contributed by atoms with Crippen molar-refractivity contribution in [1.82, 2.24) is 5.43 Å². The van der Waals surface area contributed by atoms with E-state index in [0.29, 0.717) is 25.9 Å². The molecule has 0 aromatic heterocycles. The Balaban J connectivity index is 1.96. The van der Waals surface area contributed by atoms with Crippen LogP contribution in [0.3, 0.4) is 0 Å². The number of nitrogens with zero attached hydrogens (tertiary/aromatic N) is 1. The molecule has 2 N–H and O–H groups in total. The molecule has 0 atom stereocenters. The summed E-state index contributed by atoms with van der Waals surface area (Å²) in [5, 5.41) is 8.90. The van der Waals surface area contributed by atoms with Crippen molar-refractivity contribution in [2.75, 3.05) is 5.32 Å². The quantitative estimate of drug-likeness (QED) is 0.462. The number of rotatable bonds is 3. The van der Waals surface area contributed by atoms with Crippen molar-refractivity contribution in [3.63, 3.8) is 0 Å². The highest BCUT2D eigenvalue weighted by Crippen LogP contribution is 2.25. The molecule has 0 radical (unpaired) electrons. The summed E-state index contributed by atoms with van der Waals surface area (Å²) in [4.78, 5) is 0. The molecule has 0 bridgehead atoms. The highest BCUT2D eigenvalue weighted by atomic mass is 35.5. The van der Waals surface area contributed by atoms with Crippen LogP contribution >= 0.6 is 47.0 Å². The number of thiocarbonyl (C=S) groups is 1. The molecule has 21 heavy (non-hydrogen) atoms. The van der Waals surface area contributed by atoms with Gasteiger partial charge in [0.15, 0.2) is 5.11 Å². The lowest BCUT2D eigenvalue weighted by Crippen LogP contribution is -2.24. The molecule has 2 rings (SSSR count). The van der Waals surface area contributed by atoms with Gasteiger partial charge in [0.25, 0.3) is 0 Å². The minimum atomic E-state index is 0.294. The molecule has 0 saturated carbocycles. The molecule has 0 fully saturated rings. The third-order valence-corrected chi connectivity index (χ3v) is 3.55. The predicted octanol–water partition coefficient (Wildman–Crippen LogP) is 4.97. The lowest BCUT2D eigenvalue weighted by Gasteiger charge is -2.09. The van der Waals surface area contributed by atoms with Crippen LogP contribution < -0.4 is 10.7 Å². The third-order valence-electron chi connectivity index (χ3n) is 2.45. The van der Waals surface area contributed by atoms with E-state index in [9.17, 15) is 0 Å². The summed E-state index contributed by atoms with van der Waals surface area (Å²) in [6, 6.07) is 12.4. The van der Waals surface area contributed by atoms with Gasteiger partial charge in [0.2, 0.25) is 0 Å². The first-order chi connectivity index (χ1) is 10.1. The molecule has 2 aromatic rings. The van der Waals surface area contributed by atoms with Crippen molar-refractivity contribution in [2.24, 2.45) is 5.10 Å². The Hall–Kier alpha value is -1.33. The maximum absolute atomic E-state index is 6.03. The maximum Gasteiger partial charge on any atom is 0.191 e. The summed E-state index contributed by atoms with van der Waals surface area (Å²) < 4.78 is 0. The second-order valence-corrected chi connectivity index (χ2v) is 5.63. The molecule has 0 aliphatic carbocycles. The first kappa shape index (κ1) is 16.0. The van der Waals surface area contributed by atoms with Crippen molar-refractivity contribution in [2.45, 2.75) is 0 Å². The number of nitrogens with one attached hydrogen (secondary N) is 2. The molecule has 0 saturated heterocycles. The SMILES string of the molecule is S=C(N/N=C/c1ccccc1Cl)Nc1cc(Cl)ccc1Cl. The Morgan fingerprint density at radius 3 is 2.57 bits per heavy atom. The lowest BCUT2D eigenvalue weighted by molar-refractivity contribution is 1.05. The summed E-state index contributed by atoms with van der Waals surface area (Å²) in [5.41, 5.74) is 4.08. The smallest absolute Gasteiger partial charge is 0.191 e. The summed E-state index contributed by atoms with van der Waals surface area (Å²) in [6.07, 6.45) is 1.58. The standard InChI is InChI=1S/C14H10Cl3N3S/c15-10-5-6-12(17)13(7-10)19-14(21)20-18-8-9-3-1-2-4-11(9)16/h1-8H,(H2,19,20,21)/b18-8+. The zero-order valence-electron chi connectivity index (χ0n) is 10.6. The van der Waals surface area contributed by atoms with E-state index in [4.69, 9.17) is 47.0 Å². The van der Waals surface area contributed by atoms with Gasteiger partial charge in [0.1, 0.15) is 0 Å². The second kappa shape index (κ2) is 7.61. The molecule has 0 aliphatic heterocycles. The largest absolute Gasteiger partial charge is 0.330 e. The van der Waals surface area contributed by atoms with Gasteiger partial charge in [-0.2, -0.15) is 5.10 Å². The van der Waals surface area contributed by atoms with Crippen molar-refractivity contribution in [3.05, 3.63) is 63.1 Å². The predicted molar refractivity (Wildman–Crippen MR) is 94.9 cm³/mol. The molecule has 0 amide bonds. The third kappa shape index (κ3) is 4.86.